The molecule has 1 aromatic carbocycles. The first kappa shape index (κ1) is 12.7. The average Bonchev–Trinajstić information content (AvgIpc) is 2.29. The van der Waals surface area contributed by atoms with Gasteiger partial charge in [-0.05, 0) is 30.9 Å². The van der Waals surface area contributed by atoms with E-state index < -0.39 is 0 Å². The molecule has 0 heterocycles. The number of allylic oxidation sites excluding steroid dienone is 1. The smallest absolute Gasteiger partial charge is 0.188 e. The molecule has 0 bridgehead atoms. The zero-order valence-corrected chi connectivity index (χ0v) is 10.3. The van der Waals surface area contributed by atoms with Crippen LogP contribution < -0.4 is 0 Å². The van der Waals surface area contributed by atoms with E-state index in [0.717, 1.165) is 29.5 Å². The predicted octanol–water partition coefficient (Wildman–Crippen LogP) is 4.31. The van der Waals surface area contributed by atoms with Gasteiger partial charge in [0.25, 0.3) is 0 Å². The van der Waals surface area contributed by atoms with E-state index in [-0.39, 0.29) is 5.78 Å². The van der Waals surface area contributed by atoms with Gasteiger partial charge in [-0.2, -0.15) is 0 Å². The summed E-state index contributed by atoms with van der Waals surface area (Å²) in [4.78, 5) is 12.1. The van der Waals surface area contributed by atoms with Gasteiger partial charge in [0.15, 0.2) is 5.78 Å². The quantitative estimate of drug-likeness (QED) is 0.393. The van der Waals surface area contributed by atoms with Crippen molar-refractivity contribution < 1.29 is 4.79 Å². The van der Waals surface area contributed by atoms with Crippen molar-refractivity contribution in [2.75, 3.05) is 0 Å². The lowest BCUT2D eigenvalue weighted by molar-refractivity contribution is 0.103. The monoisotopic (exact) mass is 216 g/mol. The van der Waals surface area contributed by atoms with Crippen molar-refractivity contribution in [3.63, 3.8) is 0 Å². The van der Waals surface area contributed by atoms with Crippen LogP contribution in [0.25, 0.3) is 0 Å². The van der Waals surface area contributed by atoms with Crippen LogP contribution in [0, 0.1) is 6.92 Å². The lowest BCUT2D eigenvalue weighted by atomic mass is 9.97. The van der Waals surface area contributed by atoms with Crippen molar-refractivity contribution >= 4 is 5.78 Å². The van der Waals surface area contributed by atoms with Crippen LogP contribution in [0.2, 0.25) is 0 Å². The number of Topliss-reactive ketones (excluding diaryl/α,β-unsaturated/α-hetero) is 1. The SMILES string of the molecule is C=C(CCCCC)C(=O)c1ccccc1C. The highest BCUT2D eigenvalue weighted by Crippen LogP contribution is 2.16. The highest BCUT2D eigenvalue weighted by Gasteiger charge is 2.11. The minimum atomic E-state index is 0.106. The van der Waals surface area contributed by atoms with Gasteiger partial charge in [0.05, 0.1) is 0 Å². The number of hydrogen-bond donors (Lipinski definition) is 0. The zero-order chi connectivity index (χ0) is 12.0. The molecular weight excluding hydrogens is 196 g/mol. The van der Waals surface area contributed by atoms with Crippen LogP contribution in [0.1, 0.15) is 48.5 Å². The van der Waals surface area contributed by atoms with E-state index in [1.54, 1.807) is 0 Å². The molecule has 0 aliphatic heterocycles. The molecular formula is C15H20O. The van der Waals surface area contributed by atoms with Crippen LogP contribution in [-0.4, -0.2) is 5.78 Å². The van der Waals surface area contributed by atoms with Gasteiger partial charge in [-0.3, -0.25) is 4.79 Å². The predicted molar refractivity (Wildman–Crippen MR) is 68.8 cm³/mol. The molecule has 1 aromatic rings. The Labute approximate surface area is 98.2 Å². The van der Waals surface area contributed by atoms with E-state index in [1.807, 2.05) is 31.2 Å². The Morgan fingerprint density at radius 3 is 2.56 bits per heavy atom. The number of benzene rings is 1. The van der Waals surface area contributed by atoms with Crippen LogP contribution in [0.15, 0.2) is 36.4 Å². The van der Waals surface area contributed by atoms with Crippen LogP contribution in [0.5, 0.6) is 0 Å². The third kappa shape index (κ3) is 3.34. The first-order valence-electron chi connectivity index (χ1n) is 5.95. The Morgan fingerprint density at radius 1 is 1.25 bits per heavy atom. The van der Waals surface area contributed by atoms with Gasteiger partial charge in [-0.15, -0.1) is 0 Å². The molecule has 16 heavy (non-hydrogen) atoms. The van der Waals surface area contributed by atoms with E-state index in [2.05, 4.69) is 13.5 Å². The molecule has 0 fully saturated rings. The molecule has 0 amide bonds. The van der Waals surface area contributed by atoms with Crippen LogP contribution >= 0.6 is 0 Å². The average molecular weight is 216 g/mol. The molecule has 0 saturated heterocycles. The lowest BCUT2D eigenvalue weighted by Gasteiger charge is -2.07. The molecule has 0 spiro atoms. The van der Waals surface area contributed by atoms with Crippen molar-refractivity contribution in [1.82, 2.24) is 0 Å². The first-order chi connectivity index (χ1) is 7.66. The molecule has 0 aliphatic carbocycles. The van der Waals surface area contributed by atoms with Gasteiger partial charge in [-0.25, -0.2) is 0 Å². The fraction of sp³-hybridized carbons (Fsp3) is 0.400. The molecule has 86 valence electrons. The molecule has 0 atom stereocenters. The maximum atomic E-state index is 12.1. The van der Waals surface area contributed by atoms with Gasteiger partial charge in [0, 0.05) is 5.56 Å². The Bertz CT molecular complexity index is 377. The molecule has 0 N–H and O–H groups in total. The van der Waals surface area contributed by atoms with Crippen LogP contribution in [0.3, 0.4) is 0 Å². The Hall–Kier alpha value is -1.37. The van der Waals surface area contributed by atoms with Crippen LogP contribution in [-0.2, 0) is 0 Å². The first-order valence-corrected chi connectivity index (χ1v) is 5.95. The van der Waals surface area contributed by atoms with E-state index >= 15 is 0 Å². The molecule has 0 radical (unpaired) electrons. The summed E-state index contributed by atoms with van der Waals surface area (Å²) >= 11 is 0. The maximum Gasteiger partial charge on any atom is 0.188 e. The van der Waals surface area contributed by atoms with E-state index in [1.165, 1.54) is 12.8 Å². The number of rotatable bonds is 6. The minimum Gasteiger partial charge on any atom is -0.289 e. The molecule has 0 unspecified atom stereocenters. The van der Waals surface area contributed by atoms with E-state index in [4.69, 9.17) is 0 Å². The van der Waals surface area contributed by atoms with Crippen molar-refractivity contribution in [2.24, 2.45) is 0 Å². The largest absolute Gasteiger partial charge is 0.289 e. The van der Waals surface area contributed by atoms with Gasteiger partial charge in [0.2, 0.25) is 0 Å². The van der Waals surface area contributed by atoms with E-state index in [0.29, 0.717) is 0 Å². The van der Waals surface area contributed by atoms with Crippen LogP contribution in [0.4, 0.5) is 0 Å². The molecule has 0 saturated carbocycles. The highest BCUT2D eigenvalue weighted by molar-refractivity contribution is 6.09. The zero-order valence-electron chi connectivity index (χ0n) is 10.3. The molecule has 0 aliphatic rings. The summed E-state index contributed by atoms with van der Waals surface area (Å²) in [6.07, 6.45) is 4.22. The summed E-state index contributed by atoms with van der Waals surface area (Å²) in [5, 5.41) is 0. The molecule has 0 aromatic heterocycles. The van der Waals surface area contributed by atoms with E-state index in [9.17, 15) is 4.79 Å². The summed E-state index contributed by atoms with van der Waals surface area (Å²) in [7, 11) is 0. The summed E-state index contributed by atoms with van der Waals surface area (Å²) in [5.74, 6) is 0.106. The van der Waals surface area contributed by atoms with Gasteiger partial charge in [-0.1, -0.05) is 50.6 Å². The van der Waals surface area contributed by atoms with Crippen molar-refractivity contribution in [3.05, 3.63) is 47.5 Å². The summed E-state index contributed by atoms with van der Waals surface area (Å²) in [6.45, 7) is 8.02. The molecule has 1 heteroatoms. The minimum absolute atomic E-state index is 0.106. The fourth-order valence-electron chi connectivity index (χ4n) is 1.72. The standard InChI is InChI=1S/C15H20O/c1-4-5-6-10-13(3)15(16)14-11-8-7-9-12(14)2/h7-9,11H,3-6,10H2,1-2H3. The fourth-order valence-corrected chi connectivity index (χ4v) is 1.72. The lowest BCUT2D eigenvalue weighted by Crippen LogP contribution is -2.04. The number of aryl methyl sites for hydroxylation is 1. The Balaban J connectivity index is 2.64. The number of ketones is 1. The normalized spacial score (nSPS) is 10.1. The number of carbonyl (C=O) groups is 1. The summed E-state index contributed by atoms with van der Waals surface area (Å²) < 4.78 is 0. The molecule has 1 nitrogen and oxygen atoms in total. The second-order valence-electron chi connectivity index (χ2n) is 4.20. The third-order valence-electron chi connectivity index (χ3n) is 2.79. The summed E-state index contributed by atoms with van der Waals surface area (Å²) in [6, 6.07) is 7.70. The maximum absolute atomic E-state index is 12.1. The second-order valence-corrected chi connectivity index (χ2v) is 4.20. The number of unbranched alkanes of at least 4 members (excludes halogenated alkanes) is 2. The van der Waals surface area contributed by atoms with Gasteiger partial charge >= 0.3 is 0 Å². The van der Waals surface area contributed by atoms with Crippen molar-refractivity contribution in [2.45, 2.75) is 39.5 Å². The van der Waals surface area contributed by atoms with Gasteiger partial charge < -0.3 is 0 Å². The van der Waals surface area contributed by atoms with Crippen molar-refractivity contribution in [1.29, 1.82) is 0 Å². The van der Waals surface area contributed by atoms with Crippen molar-refractivity contribution in [3.8, 4) is 0 Å². The highest BCUT2D eigenvalue weighted by atomic mass is 16.1. The van der Waals surface area contributed by atoms with Gasteiger partial charge in [0.1, 0.15) is 0 Å². The third-order valence-corrected chi connectivity index (χ3v) is 2.79. The topological polar surface area (TPSA) is 17.1 Å². The Morgan fingerprint density at radius 2 is 1.94 bits per heavy atom. The Kier molecular flexibility index (Phi) is 4.97. The number of carbonyl (C=O) groups excluding carboxylic acids is 1. The number of hydrogen-bond acceptors (Lipinski definition) is 1. The molecule has 1 rings (SSSR count). The summed E-state index contributed by atoms with van der Waals surface area (Å²) in [5.41, 5.74) is 2.57. The second kappa shape index (κ2) is 6.26.